The van der Waals surface area contributed by atoms with Crippen molar-refractivity contribution in [2.75, 3.05) is 26.7 Å². The smallest absolute Gasteiger partial charge is 0.289 e. The molecule has 1 amide bonds. The monoisotopic (exact) mass is 384 g/mol. The lowest BCUT2D eigenvalue weighted by Crippen LogP contribution is -2.44. The van der Waals surface area contributed by atoms with E-state index in [9.17, 15) is 4.79 Å². The van der Waals surface area contributed by atoms with Crippen LogP contribution in [-0.4, -0.2) is 62.1 Å². The molecule has 1 aliphatic carbocycles. The number of hydrogen-bond donors (Lipinski definition) is 0. The van der Waals surface area contributed by atoms with E-state index in [1.807, 2.05) is 18.1 Å². The van der Waals surface area contributed by atoms with Gasteiger partial charge in [0.05, 0.1) is 6.04 Å². The summed E-state index contributed by atoms with van der Waals surface area (Å²) in [6, 6.07) is 0.217. The van der Waals surface area contributed by atoms with E-state index in [0.717, 1.165) is 50.6 Å². The summed E-state index contributed by atoms with van der Waals surface area (Å²) in [4.78, 5) is 26.0. The van der Waals surface area contributed by atoms with E-state index in [-0.39, 0.29) is 17.4 Å². The summed E-state index contributed by atoms with van der Waals surface area (Å²) in [5, 5.41) is 4.31. The molecule has 150 valence electrons. The lowest BCUT2D eigenvalue weighted by Gasteiger charge is -2.39. The Morgan fingerprint density at radius 3 is 2.68 bits per heavy atom. The molecule has 28 heavy (non-hydrogen) atoms. The van der Waals surface area contributed by atoms with Gasteiger partial charge in [-0.25, -0.2) is 4.98 Å². The largest absolute Gasteiger partial charge is 0.339 e. The Kier molecular flexibility index (Phi) is 4.26. The van der Waals surface area contributed by atoms with E-state index in [2.05, 4.69) is 22.1 Å². The molecule has 8 nitrogen and oxygen atoms in total. The molecule has 2 aromatic heterocycles. The molecule has 0 N–H and O–H groups in total. The van der Waals surface area contributed by atoms with Crippen molar-refractivity contribution in [1.29, 1.82) is 0 Å². The number of carbonyl (C=O) groups excluding carboxylic acids is 1. The molecule has 3 fully saturated rings. The Morgan fingerprint density at radius 2 is 2.04 bits per heavy atom. The van der Waals surface area contributed by atoms with Crippen molar-refractivity contribution in [2.24, 2.45) is 12.5 Å². The third-order valence-electron chi connectivity index (χ3n) is 7.08. The lowest BCUT2D eigenvalue weighted by molar-refractivity contribution is 0.0578. The average Bonchev–Trinajstić information content (AvgIpc) is 3.34. The molecule has 3 aliphatic rings. The molecule has 0 aromatic carbocycles. The zero-order chi connectivity index (χ0) is 19.3. The van der Waals surface area contributed by atoms with Crippen LogP contribution in [0, 0.1) is 5.41 Å². The highest BCUT2D eigenvalue weighted by Crippen LogP contribution is 2.48. The summed E-state index contributed by atoms with van der Waals surface area (Å²) >= 11 is 0. The molecule has 0 bridgehead atoms. The van der Waals surface area contributed by atoms with Crippen molar-refractivity contribution in [1.82, 2.24) is 29.5 Å². The molecule has 2 aliphatic heterocycles. The predicted molar refractivity (Wildman–Crippen MR) is 102 cm³/mol. The van der Waals surface area contributed by atoms with Crippen LogP contribution in [0.15, 0.2) is 16.9 Å². The van der Waals surface area contributed by atoms with Gasteiger partial charge in [0, 0.05) is 45.0 Å². The van der Waals surface area contributed by atoms with Crippen LogP contribution in [0.1, 0.15) is 72.8 Å². The second-order valence-electron chi connectivity index (χ2n) is 8.91. The lowest BCUT2D eigenvalue weighted by atomic mass is 9.76. The second kappa shape index (κ2) is 6.69. The van der Waals surface area contributed by atoms with E-state index < -0.39 is 0 Å². The van der Waals surface area contributed by atoms with Crippen LogP contribution < -0.4 is 0 Å². The Morgan fingerprint density at radius 1 is 1.25 bits per heavy atom. The topological polar surface area (TPSA) is 80.3 Å². The summed E-state index contributed by atoms with van der Waals surface area (Å²) in [6.45, 7) is 2.59. The molecule has 1 saturated carbocycles. The number of nitrogens with zero attached hydrogens (tertiary/aromatic N) is 6. The summed E-state index contributed by atoms with van der Waals surface area (Å²) in [5.41, 5.74) is 0.231. The summed E-state index contributed by atoms with van der Waals surface area (Å²) < 4.78 is 7.35. The maximum atomic E-state index is 12.7. The minimum absolute atomic E-state index is 0.0357. The van der Waals surface area contributed by atoms with Crippen molar-refractivity contribution in [3.8, 4) is 0 Å². The highest BCUT2D eigenvalue weighted by atomic mass is 16.5. The normalized spacial score (nSPS) is 25.4. The maximum absolute atomic E-state index is 12.7. The fourth-order valence-electron chi connectivity index (χ4n) is 5.02. The average molecular weight is 384 g/mol. The number of imidazole rings is 1. The first-order valence-corrected chi connectivity index (χ1v) is 10.3. The van der Waals surface area contributed by atoms with E-state index in [4.69, 9.17) is 9.51 Å². The van der Waals surface area contributed by atoms with Crippen LogP contribution >= 0.6 is 0 Å². The maximum Gasteiger partial charge on any atom is 0.289 e. The number of hydrogen-bond acceptors (Lipinski definition) is 6. The van der Waals surface area contributed by atoms with E-state index in [1.54, 1.807) is 10.8 Å². The third-order valence-corrected chi connectivity index (χ3v) is 7.08. The van der Waals surface area contributed by atoms with Gasteiger partial charge in [-0.1, -0.05) is 11.6 Å². The first-order chi connectivity index (χ1) is 13.5. The fourth-order valence-corrected chi connectivity index (χ4v) is 5.02. The molecular weight excluding hydrogens is 356 g/mol. The minimum Gasteiger partial charge on any atom is -0.339 e. The number of amides is 1. The van der Waals surface area contributed by atoms with Gasteiger partial charge in [0.15, 0.2) is 11.6 Å². The van der Waals surface area contributed by atoms with Gasteiger partial charge in [-0.15, -0.1) is 0 Å². The van der Waals surface area contributed by atoms with Crippen LogP contribution in [0.25, 0.3) is 0 Å². The van der Waals surface area contributed by atoms with Crippen molar-refractivity contribution in [3.63, 3.8) is 0 Å². The number of rotatable bonds is 3. The molecule has 8 heteroatoms. The predicted octanol–water partition coefficient (Wildman–Crippen LogP) is 2.37. The van der Waals surface area contributed by atoms with Crippen molar-refractivity contribution in [2.45, 2.75) is 50.5 Å². The zero-order valence-electron chi connectivity index (χ0n) is 16.7. The molecule has 1 unspecified atom stereocenters. The molecular formula is C20H28N6O2. The Balaban J connectivity index is 1.24. The van der Waals surface area contributed by atoms with Gasteiger partial charge in [-0.3, -0.25) is 9.69 Å². The third kappa shape index (κ3) is 2.94. The Bertz CT molecular complexity index is 862. The van der Waals surface area contributed by atoms with Gasteiger partial charge in [-0.2, -0.15) is 4.98 Å². The molecule has 2 aromatic rings. The Hall–Kier alpha value is -2.22. The number of aryl methyl sites for hydroxylation is 1. The highest BCUT2D eigenvalue weighted by Gasteiger charge is 2.47. The number of aromatic nitrogens is 4. The summed E-state index contributed by atoms with van der Waals surface area (Å²) in [6.07, 6.45) is 10.2. The van der Waals surface area contributed by atoms with Gasteiger partial charge in [0.2, 0.25) is 5.89 Å². The van der Waals surface area contributed by atoms with Crippen LogP contribution in [0.3, 0.4) is 0 Å². The van der Waals surface area contributed by atoms with Crippen molar-refractivity contribution >= 4 is 5.91 Å². The highest BCUT2D eigenvalue weighted by molar-refractivity contribution is 5.90. The number of likely N-dealkylation sites (tertiary alicyclic amines) is 2. The van der Waals surface area contributed by atoms with Gasteiger partial charge in [0.1, 0.15) is 0 Å². The molecule has 5 rings (SSSR count). The van der Waals surface area contributed by atoms with Crippen LogP contribution in [-0.2, 0) is 7.05 Å². The Labute approximate surface area is 164 Å². The van der Waals surface area contributed by atoms with Crippen molar-refractivity contribution < 1.29 is 9.32 Å². The van der Waals surface area contributed by atoms with E-state index >= 15 is 0 Å². The minimum atomic E-state index is 0.0357. The van der Waals surface area contributed by atoms with Gasteiger partial charge in [0.25, 0.3) is 5.91 Å². The quantitative estimate of drug-likeness (QED) is 0.808. The van der Waals surface area contributed by atoms with E-state index in [1.165, 1.54) is 19.3 Å². The fraction of sp³-hybridized carbons (Fsp3) is 0.700. The number of piperidine rings is 1. The first-order valence-electron chi connectivity index (χ1n) is 10.3. The standard InChI is InChI=1S/C20H28N6O2/c1-24-11-8-21-17(24)19(27)26-9-6-20(7-10-26)12-15(25(2)13-20)16-22-18(28-23-16)14-4-3-5-14/h8,11,14-15H,3-7,9-10,12-13H2,1-2H3. The molecule has 2 saturated heterocycles. The molecule has 1 spiro atoms. The molecule has 0 radical (unpaired) electrons. The summed E-state index contributed by atoms with van der Waals surface area (Å²) in [7, 11) is 4.02. The summed E-state index contributed by atoms with van der Waals surface area (Å²) in [5.74, 6) is 2.70. The van der Waals surface area contributed by atoms with Gasteiger partial charge >= 0.3 is 0 Å². The zero-order valence-corrected chi connectivity index (χ0v) is 16.7. The van der Waals surface area contributed by atoms with Crippen molar-refractivity contribution in [3.05, 3.63) is 29.9 Å². The molecule has 1 atom stereocenters. The van der Waals surface area contributed by atoms with Crippen LogP contribution in [0.2, 0.25) is 0 Å². The number of carbonyl (C=O) groups is 1. The SMILES string of the molecule is CN1CC2(CCN(C(=O)c3nccn3C)CC2)CC1c1noc(C2CCC2)n1. The van der Waals surface area contributed by atoms with Gasteiger partial charge < -0.3 is 14.0 Å². The van der Waals surface area contributed by atoms with Gasteiger partial charge in [-0.05, 0) is 44.6 Å². The van der Waals surface area contributed by atoms with E-state index in [0.29, 0.717) is 11.7 Å². The van der Waals surface area contributed by atoms with Crippen LogP contribution in [0.4, 0.5) is 0 Å². The van der Waals surface area contributed by atoms with Crippen LogP contribution in [0.5, 0.6) is 0 Å². The second-order valence-corrected chi connectivity index (χ2v) is 8.91. The first kappa shape index (κ1) is 17.8. The molecule has 4 heterocycles.